The molecule has 0 saturated carbocycles. The SMILES string of the molecule is CC[NH+]1CC[C@]2(CC[NH2+]C2)C1. The van der Waals surface area contributed by atoms with Crippen molar-refractivity contribution < 1.29 is 10.2 Å². The summed E-state index contributed by atoms with van der Waals surface area (Å²) in [5, 5.41) is 2.50. The van der Waals surface area contributed by atoms with Crippen LogP contribution in [0.25, 0.3) is 0 Å². The highest BCUT2D eigenvalue weighted by molar-refractivity contribution is 4.83. The lowest BCUT2D eigenvalue weighted by Gasteiger charge is -2.16. The smallest absolute Gasteiger partial charge is 0.0887 e. The number of rotatable bonds is 1. The Morgan fingerprint density at radius 3 is 2.91 bits per heavy atom. The molecule has 2 heterocycles. The minimum Gasteiger partial charge on any atom is -0.346 e. The first kappa shape index (κ1) is 7.56. The fourth-order valence-electron chi connectivity index (χ4n) is 2.76. The van der Waals surface area contributed by atoms with Crippen molar-refractivity contribution in [2.24, 2.45) is 5.41 Å². The summed E-state index contributed by atoms with van der Waals surface area (Å²) >= 11 is 0. The van der Waals surface area contributed by atoms with Crippen LogP contribution in [0.5, 0.6) is 0 Å². The Balaban J connectivity index is 1.96. The van der Waals surface area contributed by atoms with E-state index in [1.807, 2.05) is 4.90 Å². The summed E-state index contributed by atoms with van der Waals surface area (Å²) in [6, 6.07) is 0. The summed E-state index contributed by atoms with van der Waals surface area (Å²) in [4.78, 5) is 1.83. The average molecular weight is 156 g/mol. The monoisotopic (exact) mass is 156 g/mol. The third-order valence-electron chi connectivity index (χ3n) is 3.59. The van der Waals surface area contributed by atoms with E-state index in [-0.39, 0.29) is 0 Å². The summed E-state index contributed by atoms with van der Waals surface area (Å²) in [5.41, 5.74) is 0.769. The molecule has 0 aromatic heterocycles. The molecule has 2 fully saturated rings. The second-order valence-electron chi connectivity index (χ2n) is 4.31. The Labute approximate surface area is 69.0 Å². The number of hydrogen-bond donors (Lipinski definition) is 2. The number of quaternary nitrogens is 2. The molecule has 0 radical (unpaired) electrons. The standard InChI is InChI=1S/C9H18N2/c1-2-11-6-4-9(8-11)3-5-10-7-9/h10H,2-8H2,1H3/p+2/t9-/m0/s1. The first-order chi connectivity index (χ1) is 5.35. The van der Waals surface area contributed by atoms with Gasteiger partial charge in [-0.05, 0) is 6.92 Å². The summed E-state index contributed by atoms with van der Waals surface area (Å²) in [6.07, 6.45) is 2.98. The molecule has 2 aliphatic rings. The lowest BCUT2D eigenvalue weighted by atomic mass is 9.87. The van der Waals surface area contributed by atoms with Crippen LogP contribution in [0.1, 0.15) is 19.8 Å². The predicted molar refractivity (Wildman–Crippen MR) is 44.6 cm³/mol. The summed E-state index contributed by atoms with van der Waals surface area (Å²) < 4.78 is 0. The zero-order chi connectivity index (χ0) is 7.73. The van der Waals surface area contributed by atoms with Crippen molar-refractivity contribution in [3.63, 3.8) is 0 Å². The topological polar surface area (TPSA) is 21.1 Å². The highest BCUT2D eigenvalue weighted by atomic mass is 15.2. The van der Waals surface area contributed by atoms with Crippen LogP contribution in [0.15, 0.2) is 0 Å². The predicted octanol–water partition coefficient (Wildman–Crippen LogP) is -1.75. The van der Waals surface area contributed by atoms with E-state index in [0.29, 0.717) is 0 Å². The van der Waals surface area contributed by atoms with Crippen LogP contribution in [-0.2, 0) is 0 Å². The van der Waals surface area contributed by atoms with Crippen molar-refractivity contribution in [1.29, 1.82) is 0 Å². The fourth-order valence-corrected chi connectivity index (χ4v) is 2.76. The van der Waals surface area contributed by atoms with Crippen LogP contribution in [0, 0.1) is 5.41 Å². The highest BCUT2D eigenvalue weighted by Crippen LogP contribution is 2.26. The molecule has 0 aromatic carbocycles. The summed E-state index contributed by atoms with van der Waals surface area (Å²) in [5.74, 6) is 0. The van der Waals surface area contributed by atoms with E-state index in [9.17, 15) is 0 Å². The minimum absolute atomic E-state index is 0.769. The third kappa shape index (κ3) is 1.30. The zero-order valence-electron chi connectivity index (χ0n) is 7.53. The van der Waals surface area contributed by atoms with Crippen molar-refractivity contribution in [2.75, 3.05) is 32.7 Å². The Bertz CT molecular complexity index is 138. The lowest BCUT2D eigenvalue weighted by molar-refractivity contribution is -0.889. The molecule has 1 spiro atoms. The van der Waals surface area contributed by atoms with E-state index in [2.05, 4.69) is 12.2 Å². The highest BCUT2D eigenvalue weighted by Gasteiger charge is 2.45. The Morgan fingerprint density at radius 1 is 1.45 bits per heavy atom. The molecular formula is C9H20N2+2. The molecule has 0 amide bonds. The van der Waals surface area contributed by atoms with Gasteiger partial charge in [0.25, 0.3) is 0 Å². The van der Waals surface area contributed by atoms with Gasteiger partial charge in [0.1, 0.15) is 0 Å². The maximum absolute atomic E-state index is 2.50. The zero-order valence-corrected chi connectivity index (χ0v) is 7.53. The molecule has 64 valence electrons. The van der Waals surface area contributed by atoms with E-state index in [0.717, 1.165) is 5.41 Å². The van der Waals surface area contributed by atoms with E-state index < -0.39 is 0 Å². The van der Waals surface area contributed by atoms with Gasteiger partial charge in [-0.15, -0.1) is 0 Å². The van der Waals surface area contributed by atoms with Crippen LogP contribution in [-0.4, -0.2) is 32.7 Å². The van der Waals surface area contributed by atoms with Gasteiger partial charge in [-0.3, -0.25) is 0 Å². The van der Waals surface area contributed by atoms with Gasteiger partial charge in [0.05, 0.1) is 38.1 Å². The molecule has 11 heavy (non-hydrogen) atoms. The number of nitrogens with one attached hydrogen (secondary N) is 1. The number of likely N-dealkylation sites (tertiary alicyclic amines) is 1. The van der Waals surface area contributed by atoms with Gasteiger partial charge in [-0.1, -0.05) is 0 Å². The first-order valence-corrected chi connectivity index (χ1v) is 5.00. The van der Waals surface area contributed by atoms with E-state index in [4.69, 9.17) is 0 Å². The van der Waals surface area contributed by atoms with Gasteiger partial charge in [0, 0.05) is 12.8 Å². The molecule has 2 aliphatic heterocycles. The van der Waals surface area contributed by atoms with Crippen molar-refractivity contribution in [2.45, 2.75) is 19.8 Å². The van der Waals surface area contributed by atoms with Crippen LogP contribution in [0.4, 0.5) is 0 Å². The van der Waals surface area contributed by atoms with Crippen molar-refractivity contribution in [3.05, 3.63) is 0 Å². The van der Waals surface area contributed by atoms with Gasteiger partial charge in [0.2, 0.25) is 0 Å². The quantitative estimate of drug-likeness (QED) is 0.449. The molecule has 2 saturated heterocycles. The average Bonchev–Trinajstić information content (AvgIpc) is 2.62. The summed E-state index contributed by atoms with van der Waals surface area (Å²) in [6.45, 7) is 9.34. The van der Waals surface area contributed by atoms with Crippen LogP contribution < -0.4 is 10.2 Å². The second kappa shape index (κ2) is 2.76. The molecule has 0 aliphatic carbocycles. The maximum atomic E-state index is 2.50. The van der Waals surface area contributed by atoms with Gasteiger partial charge in [-0.2, -0.15) is 0 Å². The molecule has 1 unspecified atom stereocenters. The van der Waals surface area contributed by atoms with Crippen molar-refractivity contribution in [1.82, 2.24) is 0 Å². The Morgan fingerprint density at radius 2 is 2.36 bits per heavy atom. The van der Waals surface area contributed by atoms with Gasteiger partial charge in [0.15, 0.2) is 0 Å². The molecule has 3 N–H and O–H groups in total. The maximum Gasteiger partial charge on any atom is 0.0887 e. The normalized spacial score (nSPS) is 43.9. The van der Waals surface area contributed by atoms with Gasteiger partial charge >= 0.3 is 0 Å². The van der Waals surface area contributed by atoms with Crippen molar-refractivity contribution >= 4 is 0 Å². The largest absolute Gasteiger partial charge is 0.346 e. The molecular weight excluding hydrogens is 136 g/mol. The van der Waals surface area contributed by atoms with E-state index >= 15 is 0 Å². The van der Waals surface area contributed by atoms with Crippen LogP contribution in [0.2, 0.25) is 0 Å². The van der Waals surface area contributed by atoms with E-state index in [1.54, 1.807) is 0 Å². The number of hydrogen-bond acceptors (Lipinski definition) is 0. The lowest BCUT2D eigenvalue weighted by Crippen LogP contribution is -3.10. The van der Waals surface area contributed by atoms with Gasteiger partial charge < -0.3 is 10.2 Å². The Kier molecular flexibility index (Phi) is 1.90. The fraction of sp³-hybridized carbons (Fsp3) is 1.00. The summed E-state index contributed by atoms with van der Waals surface area (Å²) in [7, 11) is 0. The molecule has 2 heteroatoms. The second-order valence-corrected chi connectivity index (χ2v) is 4.31. The molecule has 2 rings (SSSR count). The van der Waals surface area contributed by atoms with Crippen LogP contribution in [0.3, 0.4) is 0 Å². The molecule has 2 nitrogen and oxygen atoms in total. The Hall–Kier alpha value is -0.0800. The van der Waals surface area contributed by atoms with Crippen molar-refractivity contribution in [3.8, 4) is 0 Å². The molecule has 2 atom stereocenters. The third-order valence-corrected chi connectivity index (χ3v) is 3.59. The number of nitrogens with two attached hydrogens (primary N) is 1. The van der Waals surface area contributed by atoms with E-state index in [1.165, 1.54) is 45.6 Å². The first-order valence-electron chi connectivity index (χ1n) is 5.00. The molecule has 0 bridgehead atoms. The minimum atomic E-state index is 0.769. The van der Waals surface area contributed by atoms with Gasteiger partial charge in [-0.25, -0.2) is 0 Å². The molecule has 0 aromatic rings. The van der Waals surface area contributed by atoms with Crippen LogP contribution >= 0.6 is 0 Å².